The Bertz CT molecular complexity index is 658. The fraction of sp³-hybridized carbons (Fsp3) is 0.400. The maximum atomic E-state index is 11.4. The van der Waals surface area contributed by atoms with Crippen LogP contribution in [-0.4, -0.2) is 34.1 Å². The highest BCUT2D eigenvalue weighted by Gasteiger charge is 2.38. The van der Waals surface area contributed by atoms with E-state index in [4.69, 9.17) is 0 Å². The van der Waals surface area contributed by atoms with E-state index in [-0.39, 0.29) is 0 Å². The number of nitrogens with zero attached hydrogens (tertiary/aromatic N) is 3. The Hall–Kier alpha value is -2.17. The number of benzene rings is 1. The summed E-state index contributed by atoms with van der Waals surface area (Å²) in [4.78, 5) is 22.3. The maximum Gasteiger partial charge on any atom is 0.311 e. The van der Waals surface area contributed by atoms with E-state index in [1.807, 2.05) is 29.2 Å². The lowest BCUT2D eigenvalue weighted by Crippen LogP contribution is -2.46. The number of carboxylic acid groups (broad SMARTS) is 1. The third-order valence-corrected chi connectivity index (χ3v) is 3.97. The van der Waals surface area contributed by atoms with Gasteiger partial charge in [0.1, 0.15) is 0 Å². The maximum absolute atomic E-state index is 11.4. The van der Waals surface area contributed by atoms with Gasteiger partial charge >= 0.3 is 5.97 Å². The SMILES string of the molecule is CC1(C(=O)O)CCCN(c2ncc3ccccc3n2)C1. The number of hydrogen-bond acceptors (Lipinski definition) is 4. The molecule has 0 saturated carbocycles. The fourth-order valence-electron chi connectivity index (χ4n) is 2.70. The monoisotopic (exact) mass is 271 g/mol. The molecule has 104 valence electrons. The predicted molar refractivity (Wildman–Crippen MR) is 76.7 cm³/mol. The summed E-state index contributed by atoms with van der Waals surface area (Å²) in [5, 5.41) is 10.4. The van der Waals surface area contributed by atoms with Crippen molar-refractivity contribution in [2.24, 2.45) is 5.41 Å². The van der Waals surface area contributed by atoms with Gasteiger partial charge in [-0.25, -0.2) is 9.97 Å². The summed E-state index contributed by atoms with van der Waals surface area (Å²) in [7, 11) is 0. The first-order valence-electron chi connectivity index (χ1n) is 6.79. The van der Waals surface area contributed by atoms with Gasteiger partial charge in [0, 0.05) is 24.7 Å². The molecule has 0 bridgehead atoms. The van der Waals surface area contributed by atoms with Crippen LogP contribution in [0.4, 0.5) is 5.95 Å². The summed E-state index contributed by atoms with van der Waals surface area (Å²) < 4.78 is 0. The normalized spacial score (nSPS) is 22.9. The van der Waals surface area contributed by atoms with Crippen LogP contribution in [0.2, 0.25) is 0 Å². The molecule has 1 unspecified atom stereocenters. The molecule has 5 nitrogen and oxygen atoms in total. The van der Waals surface area contributed by atoms with Crippen LogP contribution in [0.15, 0.2) is 30.5 Å². The number of para-hydroxylation sites is 1. The van der Waals surface area contributed by atoms with E-state index in [2.05, 4.69) is 9.97 Å². The minimum Gasteiger partial charge on any atom is -0.481 e. The van der Waals surface area contributed by atoms with Crippen LogP contribution >= 0.6 is 0 Å². The largest absolute Gasteiger partial charge is 0.481 e. The van der Waals surface area contributed by atoms with Crippen molar-refractivity contribution in [3.05, 3.63) is 30.5 Å². The first kappa shape index (κ1) is 12.8. The van der Waals surface area contributed by atoms with Crippen molar-refractivity contribution < 1.29 is 9.90 Å². The number of piperidine rings is 1. The summed E-state index contributed by atoms with van der Waals surface area (Å²) in [6.45, 7) is 3.06. The predicted octanol–water partition coefficient (Wildman–Crippen LogP) is 2.32. The van der Waals surface area contributed by atoms with Gasteiger partial charge in [0.2, 0.25) is 5.95 Å². The number of hydrogen-bond donors (Lipinski definition) is 1. The van der Waals surface area contributed by atoms with Crippen molar-refractivity contribution in [2.75, 3.05) is 18.0 Å². The summed E-state index contributed by atoms with van der Waals surface area (Å²) in [6, 6.07) is 7.81. The molecule has 2 heterocycles. The lowest BCUT2D eigenvalue weighted by atomic mass is 9.82. The Balaban J connectivity index is 1.92. The molecule has 20 heavy (non-hydrogen) atoms. The first-order valence-corrected chi connectivity index (χ1v) is 6.79. The molecule has 1 N–H and O–H groups in total. The van der Waals surface area contributed by atoms with Crippen LogP contribution in [0.3, 0.4) is 0 Å². The topological polar surface area (TPSA) is 66.3 Å². The Kier molecular flexibility index (Phi) is 3.04. The molecule has 1 atom stereocenters. The molecule has 1 aliphatic rings. The molecule has 1 fully saturated rings. The third-order valence-electron chi connectivity index (χ3n) is 3.97. The Morgan fingerprint density at radius 1 is 1.40 bits per heavy atom. The van der Waals surface area contributed by atoms with Crippen LogP contribution in [-0.2, 0) is 4.79 Å². The van der Waals surface area contributed by atoms with Gasteiger partial charge in [-0.2, -0.15) is 0 Å². The number of rotatable bonds is 2. The zero-order chi connectivity index (χ0) is 14.2. The second kappa shape index (κ2) is 4.74. The van der Waals surface area contributed by atoms with E-state index < -0.39 is 11.4 Å². The molecule has 0 radical (unpaired) electrons. The molecule has 1 saturated heterocycles. The quantitative estimate of drug-likeness (QED) is 0.908. The van der Waals surface area contributed by atoms with E-state index >= 15 is 0 Å². The summed E-state index contributed by atoms with van der Waals surface area (Å²) in [5.41, 5.74) is 0.174. The molecule has 1 aromatic carbocycles. The van der Waals surface area contributed by atoms with Crippen molar-refractivity contribution in [1.29, 1.82) is 0 Å². The zero-order valence-corrected chi connectivity index (χ0v) is 11.4. The average Bonchev–Trinajstić information content (AvgIpc) is 2.46. The molecule has 5 heteroatoms. The smallest absolute Gasteiger partial charge is 0.311 e. The van der Waals surface area contributed by atoms with Gasteiger partial charge in [0.25, 0.3) is 0 Å². The van der Waals surface area contributed by atoms with Crippen molar-refractivity contribution in [2.45, 2.75) is 19.8 Å². The standard InChI is InChI=1S/C15H17N3O2/c1-15(13(19)20)7-4-8-18(10-15)14-16-9-11-5-2-3-6-12(11)17-14/h2-3,5-6,9H,4,7-8,10H2,1H3,(H,19,20). The second-order valence-corrected chi connectivity index (χ2v) is 5.62. The number of anilines is 1. The Labute approximate surface area is 117 Å². The number of aromatic nitrogens is 2. The number of fused-ring (bicyclic) bond motifs is 1. The summed E-state index contributed by atoms with van der Waals surface area (Å²) in [6.07, 6.45) is 3.34. The van der Waals surface area contributed by atoms with Crippen molar-refractivity contribution in [1.82, 2.24) is 9.97 Å². The van der Waals surface area contributed by atoms with Crippen LogP contribution in [0.25, 0.3) is 10.9 Å². The van der Waals surface area contributed by atoms with E-state index in [0.29, 0.717) is 18.9 Å². The van der Waals surface area contributed by atoms with Crippen molar-refractivity contribution in [3.8, 4) is 0 Å². The van der Waals surface area contributed by atoms with Gasteiger partial charge in [-0.1, -0.05) is 18.2 Å². The summed E-state index contributed by atoms with van der Waals surface area (Å²) >= 11 is 0. The molecule has 1 aromatic heterocycles. The fourth-order valence-corrected chi connectivity index (χ4v) is 2.70. The van der Waals surface area contributed by atoms with Gasteiger partial charge in [-0.05, 0) is 25.8 Å². The third kappa shape index (κ3) is 2.19. The molecular formula is C15H17N3O2. The van der Waals surface area contributed by atoms with E-state index in [1.54, 1.807) is 13.1 Å². The van der Waals surface area contributed by atoms with Gasteiger partial charge in [-0.3, -0.25) is 4.79 Å². The van der Waals surface area contributed by atoms with E-state index in [1.165, 1.54) is 0 Å². The molecule has 2 aromatic rings. The van der Waals surface area contributed by atoms with E-state index in [9.17, 15) is 9.90 Å². The highest BCUT2D eigenvalue weighted by molar-refractivity contribution is 5.79. The highest BCUT2D eigenvalue weighted by atomic mass is 16.4. The minimum atomic E-state index is -0.747. The van der Waals surface area contributed by atoms with Gasteiger partial charge in [-0.15, -0.1) is 0 Å². The average molecular weight is 271 g/mol. The van der Waals surface area contributed by atoms with Crippen LogP contribution in [0.5, 0.6) is 0 Å². The van der Waals surface area contributed by atoms with Crippen LogP contribution < -0.4 is 4.90 Å². The highest BCUT2D eigenvalue weighted by Crippen LogP contribution is 2.31. The molecule has 3 rings (SSSR count). The lowest BCUT2D eigenvalue weighted by molar-refractivity contribution is -0.148. The summed E-state index contributed by atoms with van der Waals surface area (Å²) in [5.74, 6) is -0.126. The number of aliphatic carboxylic acids is 1. The van der Waals surface area contributed by atoms with Crippen molar-refractivity contribution in [3.63, 3.8) is 0 Å². The van der Waals surface area contributed by atoms with Gasteiger partial charge in [0.05, 0.1) is 10.9 Å². The number of carbonyl (C=O) groups is 1. The van der Waals surface area contributed by atoms with Crippen molar-refractivity contribution >= 4 is 22.8 Å². The zero-order valence-electron chi connectivity index (χ0n) is 11.4. The van der Waals surface area contributed by atoms with E-state index in [0.717, 1.165) is 23.9 Å². The lowest BCUT2D eigenvalue weighted by Gasteiger charge is -2.37. The second-order valence-electron chi connectivity index (χ2n) is 5.62. The molecule has 0 amide bonds. The van der Waals surface area contributed by atoms with Gasteiger partial charge < -0.3 is 10.0 Å². The minimum absolute atomic E-state index is 0.459. The van der Waals surface area contributed by atoms with Crippen LogP contribution in [0, 0.1) is 5.41 Å². The first-order chi connectivity index (χ1) is 9.58. The Morgan fingerprint density at radius 2 is 2.20 bits per heavy atom. The molecule has 0 spiro atoms. The molecule has 1 aliphatic heterocycles. The Morgan fingerprint density at radius 3 is 3.00 bits per heavy atom. The van der Waals surface area contributed by atoms with Gasteiger partial charge in [0.15, 0.2) is 0 Å². The molecular weight excluding hydrogens is 254 g/mol. The van der Waals surface area contributed by atoms with Crippen LogP contribution in [0.1, 0.15) is 19.8 Å². The molecule has 0 aliphatic carbocycles. The number of carboxylic acids is 1.